The van der Waals surface area contributed by atoms with Crippen LogP contribution in [0.1, 0.15) is 11.3 Å². The third kappa shape index (κ3) is 5.14. The van der Waals surface area contributed by atoms with E-state index in [1.807, 2.05) is 42.5 Å². The molecule has 4 nitrogen and oxygen atoms in total. The zero-order valence-electron chi connectivity index (χ0n) is 13.6. The molecule has 0 unspecified atom stereocenters. The molecule has 0 saturated carbocycles. The van der Waals surface area contributed by atoms with Crippen LogP contribution in [0, 0.1) is 5.82 Å². The quantitative estimate of drug-likeness (QED) is 0.715. The van der Waals surface area contributed by atoms with E-state index in [0.29, 0.717) is 17.8 Å². The molecule has 0 aliphatic rings. The lowest BCUT2D eigenvalue weighted by atomic mass is 10.1. The number of aromatic nitrogens is 1. The van der Waals surface area contributed by atoms with Crippen LogP contribution in [0.15, 0.2) is 72.9 Å². The maximum Gasteiger partial charge on any atom is 0.228 e. The van der Waals surface area contributed by atoms with Crippen LogP contribution < -0.4 is 10.6 Å². The van der Waals surface area contributed by atoms with Crippen LogP contribution in [0.5, 0.6) is 0 Å². The van der Waals surface area contributed by atoms with Crippen molar-refractivity contribution in [1.29, 1.82) is 0 Å². The predicted molar refractivity (Wildman–Crippen MR) is 96.7 cm³/mol. The molecule has 0 spiro atoms. The van der Waals surface area contributed by atoms with Gasteiger partial charge in [0.25, 0.3) is 0 Å². The summed E-state index contributed by atoms with van der Waals surface area (Å²) in [7, 11) is 0. The zero-order valence-corrected chi connectivity index (χ0v) is 13.6. The number of nitrogens with one attached hydrogen (secondary N) is 2. The molecule has 3 aromatic rings. The van der Waals surface area contributed by atoms with E-state index >= 15 is 0 Å². The number of pyridine rings is 1. The van der Waals surface area contributed by atoms with E-state index in [2.05, 4.69) is 15.6 Å². The molecule has 5 heteroatoms. The summed E-state index contributed by atoms with van der Waals surface area (Å²) < 4.78 is 13.1. The molecule has 0 saturated heterocycles. The molecule has 126 valence electrons. The minimum atomic E-state index is -0.339. The molecule has 1 amide bonds. The molecule has 25 heavy (non-hydrogen) atoms. The largest absolute Gasteiger partial charge is 0.379 e. The normalized spacial score (nSPS) is 10.3. The van der Waals surface area contributed by atoms with Crippen molar-refractivity contribution in [2.45, 2.75) is 13.0 Å². The topological polar surface area (TPSA) is 54.0 Å². The highest BCUT2D eigenvalue weighted by Crippen LogP contribution is 2.15. The lowest BCUT2D eigenvalue weighted by Gasteiger charge is -2.09. The fraction of sp³-hybridized carbons (Fsp3) is 0.100. The number of carbonyl (C=O) groups is 1. The number of nitrogens with zero attached hydrogens (tertiary/aromatic N) is 1. The number of halogens is 1. The van der Waals surface area contributed by atoms with Crippen LogP contribution >= 0.6 is 0 Å². The van der Waals surface area contributed by atoms with Crippen molar-refractivity contribution in [3.05, 3.63) is 90.0 Å². The molecule has 0 fully saturated rings. The first-order chi connectivity index (χ1) is 12.2. The van der Waals surface area contributed by atoms with Gasteiger partial charge in [-0.1, -0.05) is 18.2 Å². The fourth-order valence-electron chi connectivity index (χ4n) is 2.40. The van der Waals surface area contributed by atoms with E-state index in [1.54, 1.807) is 18.3 Å². The Labute approximate surface area is 145 Å². The van der Waals surface area contributed by atoms with Crippen LogP contribution in [0.3, 0.4) is 0 Å². The molecule has 2 aromatic carbocycles. The minimum Gasteiger partial charge on any atom is -0.379 e. The highest BCUT2D eigenvalue weighted by molar-refractivity contribution is 5.92. The summed E-state index contributed by atoms with van der Waals surface area (Å²) in [6, 6.07) is 19.3. The van der Waals surface area contributed by atoms with Gasteiger partial charge in [0.05, 0.1) is 18.7 Å². The van der Waals surface area contributed by atoms with E-state index in [9.17, 15) is 9.18 Å². The first-order valence-electron chi connectivity index (χ1n) is 7.97. The number of hydrogen-bond donors (Lipinski definition) is 2. The van der Waals surface area contributed by atoms with Crippen molar-refractivity contribution in [2.75, 3.05) is 10.6 Å². The Balaban J connectivity index is 1.52. The van der Waals surface area contributed by atoms with Gasteiger partial charge in [-0.15, -0.1) is 0 Å². The van der Waals surface area contributed by atoms with Gasteiger partial charge in [-0.25, -0.2) is 4.39 Å². The number of hydrogen-bond acceptors (Lipinski definition) is 3. The molecule has 1 aromatic heterocycles. The van der Waals surface area contributed by atoms with Gasteiger partial charge in [0.2, 0.25) is 5.91 Å². The van der Waals surface area contributed by atoms with Crippen molar-refractivity contribution in [3.8, 4) is 0 Å². The summed E-state index contributed by atoms with van der Waals surface area (Å²) in [6.45, 7) is 0.631. The second kappa shape index (κ2) is 8.06. The van der Waals surface area contributed by atoms with Crippen molar-refractivity contribution < 1.29 is 9.18 Å². The number of benzene rings is 2. The number of amides is 1. The fourth-order valence-corrected chi connectivity index (χ4v) is 2.40. The van der Waals surface area contributed by atoms with Gasteiger partial charge in [-0.05, 0) is 54.1 Å². The summed E-state index contributed by atoms with van der Waals surface area (Å²) >= 11 is 0. The Kier molecular flexibility index (Phi) is 5.36. The molecule has 0 atom stereocenters. The Hall–Kier alpha value is -3.21. The summed E-state index contributed by atoms with van der Waals surface area (Å²) in [6.07, 6.45) is 1.89. The van der Waals surface area contributed by atoms with E-state index in [-0.39, 0.29) is 18.1 Å². The molecule has 0 bridgehead atoms. The first kappa shape index (κ1) is 16.6. The van der Waals surface area contributed by atoms with Gasteiger partial charge >= 0.3 is 0 Å². The first-order valence-corrected chi connectivity index (χ1v) is 7.97. The lowest BCUT2D eigenvalue weighted by molar-refractivity contribution is -0.115. The second-order valence-corrected chi connectivity index (χ2v) is 5.61. The van der Waals surface area contributed by atoms with E-state index in [4.69, 9.17) is 0 Å². The van der Waals surface area contributed by atoms with Crippen LogP contribution in [-0.4, -0.2) is 10.9 Å². The Bertz CT molecular complexity index is 835. The van der Waals surface area contributed by atoms with Crippen LogP contribution in [0.2, 0.25) is 0 Å². The van der Waals surface area contributed by atoms with Gasteiger partial charge in [-0.2, -0.15) is 0 Å². The van der Waals surface area contributed by atoms with Gasteiger partial charge < -0.3 is 10.6 Å². The number of carbonyl (C=O) groups excluding carboxylic acids is 1. The third-order valence-corrected chi connectivity index (χ3v) is 3.62. The maximum absolute atomic E-state index is 13.1. The average Bonchev–Trinajstić information content (AvgIpc) is 2.62. The van der Waals surface area contributed by atoms with Crippen molar-refractivity contribution >= 4 is 17.3 Å². The lowest BCUT2D eigenvalue weighted by Crippen LogP contribution is -2.14. The number of rotatable bonds is 6. The third-order valence-electron chi connectivity index (χ3n) is 3.62. The summed E-state index contributed by atoms with van der Waals surface area (Å²) in [5.74, 6) is -0.520. The predicted octanol–water partition coefficient (Wildman–Crippen LogP) is 4.01. The molecule has 1 heterocycles. The molecular weight excluding hydrogens is 317 g/mol. The highest BCUT2D eigenvalue weighted by Gasteiger charge is 2.05. The Morgan fingerprint density at radius 3 is 2.48 bits per heavy atom. The van der Waals surface area contributed by atoms with Crippen LogP contribution in [0.25, 0.3) is 0 Å². The minimum absolute atomic E-state index is 0.136. The van der Waals surface area contributed by atoms with Crippen LogP contribution in [0.4, 0.5) is 15.8 Å². The monoisotopic (exact) mass is 335 g/mol. The second-order valence-electron chi connectivity index (χ2n) is 5.61. The van der Waals surface area contributed by atoms with Crippen molar-refractivity contribution in [2.24, 2.45) is 0 Å². The van der Waals surface area contributed by atoms with Crippen LogP contribution in [-0.2, 0) is 17.8 Å². The molecule has 0 radical (unpaired) electrons. The molecule has 2 N–H and O–H groups in total. The summed E-state index contributed by atoms with van der Waals surface area (Å²) in [5, 5.41) is 6.08. The Morgan fingerprint density at radius 2 is 1.76 bits per heavy atom. The molecule has 0 aliphatic carbocycles. The van der Waals surface area contributed by atoms with E-state index in [1.165, 1.54) is 12.1 Å². The summed E-state index contributed by atoms with van der Waals surface area (Å²) in [4.78, 5) is 16.3. The van der Waals surface area contributed by atoms with Gasteiger partial charge in [0.15, 0.2) is 0 Å². The van der Waals surface area contributed by atoms with E-state index in [0.717, 1.165) is 11.4 Å². The van der Waals surface area contributed by atoms with Gasteiger partial charge in [0.1, 0.15) is 5.82 Å². The van der Waals surface area contributed by atoms with Crippen molar-refractivity contribution in [1.82, 2.24) is 4.98 Å². The summed E-state index contributed by atoms with van der Waals surface area (Å²) in [5.41, 5.74) is 3.24. The zero-order chi connectivity index (χ0) is 17.5. The smallest absolute Gasteiger partial charge is 0.228 e. The van der Waals surface area contributed by atoms with Crippen molar-refractivity contribution in [3.63, 3.8) is 0 Å². The maximum atomic E-state index is 13.1. The molecular formula is C20H18FN3O. The van der Waals surface area contributed by atoms with Gasteiger partial charge in [0, 0.05) is 17.6 Å². The average molecular weight is 335 g/mol. The Morgan fingerprint density at radius 1 is 0.960 bits per heavy atom. The number of anilines is 2. The molecule has 3 rings (SSSR count). The molecule has 0 aliphatic heterocycles. The highest BCUT2D eigenvalue weighted by atomic mass is 19.1. The van der Waals surface area contributed by atoms with E-state index < -0.39 is 0 Å². The van der Waals surface area contributed by atoms with Gasteiger partial charge in [-0.3, -0.25) is 9.78 Å². The standard InChI is InChI=1S/C20H18FN3O/c21-16-5-3-4-15(12-16)13-20(25)24-18-9-7-17(8-10-18)23-14-19-6-1-2-11-22-19/h1-12,23H,13-14H2,(H,24,25). The SMILES string of the molecule is O=C(Cc1cccc(F)c1)Nc1ccc(NCc2ccccn2)cc1.